The molecule has 0 fully saturated rings. The summed E-state index contributed by atoms with van der Waals surface area (Å²) in [5, 5.41) is 8.84. The van der Waals surface area contributed by atoms with Crippen LogP contribution in [0.3, 0.4) is 0 Å². The molecule has 0 saturated carbocycles. The van der Waals surface area contributed by atoms with E-state index in [9.17, 15) is 4.79 Å². The molecular weight excluding hydrogens is 156 g/mol. The van der Waals surface area contributed by atoms with Crippen molar-refractivity contribution in [3.8, 4) is 0 Å². The highest BCUT2D eigenvalue weighted by molar-refractivity contribution is 5.82. The second-order valence-electron chi connectivity index (χ2n) is 2.92. The first kappa shape index (κ1) is 8.77. The van der Waals surface area contributed by atoms with Crippen LogP contribution in [0.25, 0.3) is 0 Å². The fourth-order valence-electron chi connectivity index (χ4n) is 1.32. The SMILES string of the molecule is Cc1c(C)[n+](C)c(C(=O)O)n1C. The number of imidazole rings is 1. The van der Waals surface area contributed by atoms with Crippen molar-refractivity contribution in [2.45, 2.75) is 13.8 Å². The number of carboxylic acid groups (broad SMARTS) is 1. The number of hydrogen-bond donors (Lipinski definition) is 1. The molecule has 0 saturated heterocycles. The van der Waals surface area contributed by atoms with Gasteiger partial charge in [0.1, 0.15) is 11.4 Å². The summed E-state index contributed by atoms with van der Waals surface area (Å²) in [6.45, 7) is 3.81. The molecule has 1 aromatic heterocycles. The molecule has 0 spiro atoms. The Hall–Kier alpha value is -1.32. The van der Waals surface area contributed by atoms with Crippen LogP contribution in [-0.4, -0.2) is 15.6 Å². The summed E-state index contributed by atoms with van der Waals surface area (Å²) in [5.41, 5.74) is 1.96. The van der Waals surface area contributed by atoms with Crippen LogP contribution in [-0.2, 0) is 14.1 Å². The topological polar surface area (TPSA) is 46.1 Å². The zero-order valence-corrected chi connectivity index (χ0v) is 7.75. The van der Waals surface area contributed by atoms with Crippen LogP contribution in [0.4, 0.5) is 0 Å². The molecule has 12 heavy (non-hydrogen) atoms. The number of aromatic carboxylic acids is 1. The minimum absolute atomic E-state index is 0.310. The zero-order chi connectivity index (χ0) is 9.46. The Morgan fingerprint density at radius 1 is 1.50 bits per heavy atom. The Morgan fingerprint density at radius 2 is 2.00 bits per heavy atom. The molecule has 0 atom stereocenters. The smallest absolute Gasteiger partial charge is 0.419 e. The molecule has 0 aliphatic rings. The molecule has 1 rings (SSSR count). The monoisotopic (exact) mass is 169 g/mol. The van der Waals surface area contributed by atoms with Gasteiger partial charge in [-0.15, -0.1) is 0 Å². The molecule has 0 unspecified atom stereocenters. The number of carbonyl (C=O) groups is 1. The van der Waals surface area contributed by atoms with Crippen LogP contribution in [0.2, 0.25) is 0 Å². The summed E-state index contributed by atoms with van der Waals surface area (Å²) in [6, 6.07) is 0. The van der Waals surface area contributed by atoms with Gasteiger partial charge in [0, 0.05) is 13.8 Å². The molecule has 66 valence electrons. The highest BCUT2D eigenvalue weighted by atomic mass is 16.4. The van der Waals surface area contributed by atoms with E-state index in [1.54, 1.807) is 23.2 Å². The molecule has 1 aromatic rings. The molecular formula is C8H13N2O2+. The van der Waals surface area contributed by atoms with Gasteiger partial charge in [-0.3, -0.25) is 0 Å². The minimum Gasteiger partial charge on any atom is -0.472 e. The standard InChI is InChI=1S/C8H12N2O2/c1-5-6(2)10(4)7(8(11)12)9(5)3/h1-4H3/p+1. The molecule has 4 nitrogen and oxygen atoms in total. The van der Waals surface area contributed by atoms with Gasteiger partial charge in [-0.2, -0.15) is 0 Å². The predicted molar refractivity (Wildman–Crippen MR) is 43.0 cm³/mol. The van der Waals surface area contributed by atoms with Gasteiger partial charge in [0.15, 0.2) is 0 Å². The lowest BCUT2D eigenvalue weighted by atomic mass is 10.4. The van der Waals surface area contributed by atoms with E-state index in [-0.39, 0.29) is 0 Å². The lowest BCUT2D eigenvalue weighted by Gasteiger charge is -1.90. The molecule has 1 N–H and O–H groups in total. The molecule has 0 aliphatic heterocycles. The van der Waals surface area contributed by atoms with E-state index >= 15 is 0 Å². The van der Waals surface area contributed by atoms with Crippen molar-refractivity contribution in [1.82, 2.24) is 4.57 Å². The lowest BCUT2D eigenvalue weighted by Crippen LogP contribution is -2.37. The average molecular weight is 169 g/mol. The van der Waals surface area contributed by atoms with Crippen molar-refractivity contribution in [1.29, 1.82) is 0 Å². The first-order valence-corrected chi connectivity index (χ1v) is 3.72. The van der Waals surface area contributed by atoms with E-state index in [0.29, 0.717) is 5.82 Å². The van der Waals surface area contributed by atoms with Crippen LogP contribution in [0.1, 0.15) is 22.0 Å². The van der Waals surface area contributed by atoms with Crippen LogP contribution >= 0.6 is 0 Å². The largest absolute Gasteiger partial charge is 0.472 e. The van der Waals surface area contributed by atoms with E-state index in [0.717, 1.165) is 11.4 Å². The maximum Gasteiger partial charge on any atom is 0.419 e. The maximum absolute atomic E-state index is 10.8. The van der Waals surface area contributed by atoms with E-state index in [1.165, 1.54) is 0 Å². The second kappa shape index (κ2) is 2.62. The van der Waals surface area contributed by atoms with Gasteiger partial charge in [-0.05, 0) is 0 Å². The van der Waals surface area contributed by atoms with Crippen molar-refractivity contribution in [3.63, 3.8) is 0 Å². The zero-order valence-electron chi connectivity index (χ0n) is 7.75. The Labute approximate surface area is 71.1 Å². The van der Waals surface area contributed by atoms with Gasteiger partial charge >= 0.3 is 11.8 Å². The number of carboxylic acids is 1. The predicted octanol–water partition coefficient (Wildman–Crippen LogP) is 0.165. The molecule has 0 bridgehead atoms. The second-order valence-corrected chi connectivity index (χ2v) is 2.92. The Bertz CT molecular complexity index is 314. The molecule has 0 aromatic carbocycles. The van der Waals surface area contributed by atoms with Gasteiger partial charge in [-0.1, -0.05) is 0 Å². The third kappa shape index (κ3) is 0.995. The molecule has 0 aliphatic carbocycles. The minimum atomic E-state index is -0.892. The molecule has 0 radical (unpaired) electrons. The molecule has 1 heterocycles. The summed E-state index contributed by atoms with van der Waals surface area (Å²) in [6.07, 6.45) is 0. The van der Waals surface area contributed by atoms with Gasteiger partial charge in [0.2, 0.25) is 0 Å². The third-order valence-electron chi connectivity index (χ3n) is 2.36. The summed E-state index contributed by atoms with van der Waals surface area (Å²) < 4.78 is 3.36. The first-order chi connectivity index (χ1) is 5.46. The summed E-state index contributed by atoms with van der Waals surface area (Å²) in [7, 11) is 3.51. The third-order valence-corrected chi connectivity index (χ3v) is 2.36. The quantitative estimate of drug-likeness (QED) is 0.609. The van der Waals surface area contributed by atoms with Crippen molar-refractivity contribution < 1.29 is 14.5 Å². The lowest BCUT2D eigenvalue weighted by molar-refractivity contribution is -0.679. The number of aromatic nitrogens is 2. The summed E-state index contributed by atoms with van der Waals surface area (Å²) in [5.74, 6) is -0.582. The van der Waals surface area contributed by atoms with Crippen LogP contribution in [0.5, 0.6) is 0 Å². The average Bonchev–Trinajstić information content (AvgIpc) is 2.16. The highest BCUT2D eigenvalue weighted by Gasteiger charge is 2.26. The Kier molecular flexibility index (Phi) is 1.92. The molecule has 4 heteroatoms. The summed E-state index contributed by atoms with van der Waals surface area (Å²) >= 11 is 0. The molecule has 0 amide bonds. The summed E-state index contributed by atoms with van der Waals surface area (Å²) in [4.78, 5) is 10.8. The first-order valence-electron chi connectivity index (χ1n) is 3.72. The van der Waals surface area contributed by atoms with Gasteiger partial charge in [0.25, 0.3) is 0 Å². The number of nitrogens with zero attached hydrogens (tertiary/aromatic N) is 2. The van der Waals surface area contributed by atoms with E-state index < -0.39 is 5.97 Å². The number of rotatable bonds is 1. The Morgan fingerprint density at radius 3 is 2.17 bits per heavy atom. The van der Waals surface area contributed by atoms with E-state index in [1.807, 2.05) is 13.8 Å². The van der Waals surface area contributed by atoms with Crippen LogP contribution in [0, 0.1) is 13.8 Å². The highest BCUT2D eigenvalue weighted by Crippen LogP contribution is 2.04. The fourth-order valence-corrected chi connectivity index (χ4v) is 1.32. The van der Waals surface area contributed by atoms with Crippen LogP contribution < -0.4 is 4.57 Å². The van der Waals surface area contributed by atoms with Gasteiger partial charge < -0.3 is 5.11 Å². The van der Waals surface area contributed by atoms with Crippen molar-refractivity contribution >= 4 is 5.97 Å². The van der Waals surface area contributed by atoms with Crippen LogP contribution in [0.15, 0.2) is 0 Å². The normalized spacial score (nSPS) is 10.3. The Balaban J connectivity index is 3.48. The van der Waals surface area contributed by atoms with Gasteiger partial charge in [-0.25, -0.2) is 13.9 Å². The number of hydrogen-bond acceptors (Lipinski definition) is 1. The van der Waals surface area contributed by atoms with E-state index in [2.05, 4.69) is 0 Å². The van der Waals surface area contributed by atoms with Crippen molar-refractivity contribution in [3.05, 3.63) is 17.2 Å². The van der Waals surface area contributed by atoms with E-state index in [4.69, 9.17) is 5.11 Å². The fraction of sp³-hybridized carbons (Fsp3) is 0.500. The van der Waals surface area contributed by atoms with Crippen molar-refractivity contribution in [2.24, 2.45) is 14.1 Å². The van der Waals surface area contributed by atoms with Crippen molar-refractivity contribution in [2.75, 3.05) is 0 Å². The maximum atomic E-state index is 10.8. The van der Waals surface area contributed by atoms with Gasteiger partial charge in [0.05, 0.1) is 14.1 Å².